The number of benzene rings is 1. The van der Waals surface area contributed by atoms with E-state index in [-0.39, 0.29) is 11.8 Å². The van der Waals surface area contributed by atoms with Crippen LogP contribution in [0.15, 0.2) is 55.4 Å². The Kier molecular flexibility index (Phi) is 5.07. The number of anilines is 1. The molecule has 1 aromatic carbocycles. The second-order valence-electron chi connectivity index (χ2n) is 5.68. The molecule has 0 atom stereocenters. The maximum absolute atomic E-state index is 11.5. The molecule has 0 bridgehead atoms. The summed E-state index contributed by atoms with van der Waals surface area (Å²) >= 11 is 0. The third-order valence-electron chi connectivity index (χ3n) is 3.93. The third-order valence-corrected chi connectivity index (χ3v) is 3.93. The van der Waals surface area contributed by atoms with Crippen molar-refractivity contribution in [2.45, 2.75) is 13.0 Å². The Morgan fingerprint density at radius 2 is 2.15 bits per heavy atom. The van der Waals surface area contributed by atoms with Crippen LogP contribution in [0.2, 0.25) is 0 Å². The van der Waals surface area contributed by atoms with Gasteiger partial charge in [-0.3, -0.25) is 9.59 Å². The fourth-order valence-electron chi connectivity index (χ4n) is 2.57. The Labute approximate surface area is 150 Å². The second-order valence-corrected chi connectivity index (χ2v) is 5.68. The summed E-state index contributed by atoms with van der Waals surface area (Å²) < 4.78 is 1.93. The summed E-state index contributed by atoms with van der Waals surface area (Å²) in [6, 6.07) is 9.22. The van der Waals surface area contributed by atoms with Crippen molar-refractivity contribution in [2.24, 2.45) is 0 Å². The van der Waals surface area contributed by atoms with Gasteiger partial charge in [-0.25, -0.2) is 9.97 Å². The van der Waals surface area contributed by atoms with Crippen LogP contribution in [-0.4, -0.2) is 33.4 Å². The number of aromatic nitrogens is 3. The number of hydrogen-bond acceptors (Lipinski definition) is 4. The Balaban J connectivity index is 1.91. The van der Waals surface area contributed by atoms with Crippen LogP contribution >= 0.6 is 0 Å². The molecular weight excluding hydrogens is 330 g/mol. The van der Waals surface area contributed by atoms with E-state index in [4.69, 9.17) is 0 Å². The van der Waals surface area contributed by atoms with Gasteiger partial charge in [-0.05, 0) is 24.3 Å². The van der Waals surface area contributed by atoms with Gasteiger partial charge in [0.15, 0.2) is 5.82 Å². The highest BCUT2D eigenvalue weighted by Gasteiger charge is 2.09. The van der Waals surface area contributed by atoms with E-state index in [9.17, 15) is 9.59 Å². The number of nitrogens with zero attached hydrogens (tertiary/aromatic N) is 3. The van der Waals surface area contributed by atoms with Gasteiger partial charge in [0.1, 0.15) is 5.65 Å². The molecule has 132 valence electrons. The van der Waals surface area contributed by atoms with Gasteiger partial charge in [0.2, 0.25) is 11.8 Å². The van der Waals surface area contributed by atoms with E-state index in [1.54, 1.807) is 25.4 Å². The maximum Gasteiger partial charge on any atom is 0.247 e. The highest BCUT2D eigenvalue weighted by molar-refractivity contribution is 5.99. The molecule has 0 fully saturated rings. The molecule has 3 rings (SSSR count). The number of carbonyl (C=O) groups is 2. The summed E-state index contributed by atoms with van der Waals surface area (Å²) in [5.74, 6) is 0.250. The molecule has 2 heterocycles. The first-order valence-corrected chi connectivity index (χ1v) is 8.17. The van der Waals surface area contributed by atoms with E-state index in [1.165, 1.54) is 6.08 Å². The van der Waals surface area contributed by atoms with E-state index < -0.39 is 0 Å². The lowest BCUT2D eigenvalue weighted by atomic mass is 10.2. The van der Waals surface area contributed by atoms with Gasteiger partial charge >= 0.3 is 0 Å². The molecular formula is C19H19N5O2. The highest BCUT2D eigenvalue weighted by Crippen LogP contribution is 2.22. The summed E-state index contributed by atoms with van der Waals surface area (Å²) in [6.07, 6.45) is 5.24. The molecule has 0 radical (unpaired) electrons. The maximum atomic E-state index is 11.5. The van der Waals surface area contributed by atoms with Crippen molar-refractivity contribution in [3.63, 3.8) is 0 Å². The molecule has 0 saturated carbocycles. The van der Waals surface area contributed by atoms with E-state index in [1.807, 2.05) is 29.0 Å². The summed E-state index contributed by atoms with van der Waals surface area (Å²) in [6.45, 7) is 3.98. The fourth-order valence-corrected chi connectivity index (χ4v) is 2.57. The molecule has 7 heteroatoms. The number of rotatable bonds is 6. The van der Waals surface area contributed by atoms with Crippen LogP contribution in [0, 0.1) is 0 Å². The van der Waals surface area contributed by atoms with E-state index >= 15 is 0 Å². The Bertz CT molecular complexity index is 977. The Morgan fingerprint density at radius 1 is 1.31 bits per heavy atom. The molecule has 2 N–H and O–H groups in total. The highest BCUT2D eigenvalue weighted by atomic mass is 16.2. The van der Waals surface area contributed by atoms with Crippen LogP contribution in [0.4, 0.5) is 5.69 Å². The molecule has 0 saturated heterocycles. The molecule has 0 aliphatic heterocycles. The van der Waals surface area contributed by atoms with Crippen molar-refractivity contribution < 1.29 is 9.59 Å². The second kappa shape index (κ2) is 7.60. The van der Waals surface area contributed by atoms with E-state index in [2.05, 4.69) is 27.2 Å². The van der Waals surface area contributed by atoms with Crippen molar-refractivity contribution in [1.82, 2.24) is 19.9 Å². The summed E-state index contributed by atoms with van der Waals surface area (Å²) in [7, 11) is 1.62. The number of carbonyl (C=O) groups excluding carboxylic acids is 2. The van der Waals surface area contributed by atoms with Gasteiger partial charge in [0.05, 0.1) is 0 Å². The normalized spacial score (nSPS) is 10.5. The summed E-state index contributed by atoms with van der Waals surface area (Å²) in [5.41, 5.74) is 2.19. The molecule has 0 aliphatic carbocycles. The van der Waals surface area contributed by atoms with Crippen LogP contribution in [-0.2, 0) is 16.1 Å². The zero-order valence-electron chi connectivity index (χ0n) is 14.4. The lowest BCUT2D eigenvalue weighted by molar-refractivity contribution is -0.120. The lowest BCUT2D eigenvalue weighted by Gasteiger charge is -2.07. The number of hydrogen-bond donors (Lipinski definition) is 2. The van der Waals surface area contributed by atoms with Gasteiger partial charge in [0.25, 0.3) is 0 Å². The van der Waals surface area contributed by atoms with Crippen LogP contribution in [0.25, 0.3) is 22.4 Å². The quantitative estimate of drug-likeness (QED) is 0.669. The molecule has 2 aromatic heterocycles. The zero-order chi connectivity index (χ0) is 18.5. The molecule has 3 aromatic rings. The Hall–Kier alpha value is -3.48. The van der Waals surface area contributed by atoms with Crippen molar-refractivity contribution in [3.8, 4) is 11.4 Å². The smallest absolute Gasteiger partial charge is 0.247 e. The van der Waals surface area contributed by atoms with Gasteiger partial charge in [-0.2, -0.15) is 0 Å². The predicted molar refractivity (Wildman–Crippen MR) is 100 cm³/mol. The Morgan fingerprint density at radius 3 is 2.92 bits per heavy atom. The van der Waals surface area contributed by atoms with Crippen molar-refractivity contribution in [2.75, 3.05) is 12.4 Å². The minimum atomic E-state index is -0.276. The van der Waals surface area contributed by atoms with Crippen LogP contribution in [0.3, 0.4) is 0 Å². The minimum absolute atomic E-state index is 0.0215. The van der Waals surface area contributed by atoms with Crippen LogP contribution in [0.5, 0.6) is 0 Å². The molecule has 7 nitrogen and oxygen atoms in total. The lowest BCUT2D eigenvalue weighted by Crippen LogP contribution is -2.19. The average molecular weight is 349 g/mol. The standard InChI is InChI=1S/C19H19N5O2/c1-3-16(25)22-15-6-4-5-13(11-15)18-21-12-14-7-9-24(19(14)23-18)10-8-17(26)20-2/h3-7,9,11-12H,1,8,10H2,2H3,(H,20,26)(H,22,25). The first-order valence-electron chi connectivity index (χ1n) is 8.17. The number of fused-ring (bicyclic) bond motifs is 1. The average Bonchev–Trinajstić information content (AvgIpc) is 3.08. The van der Waals surface area contributed by atoms with Crippen LogP contribution in [0.1, 0.15) is 6.42 Å². The number of amides is 2. The van der Waals surface area contributed by atoms with Crippen molar-refractivity contribution in [1.29, 1.82) is 0 Å². The zero-order valence-corrected chi connectivity index (χ0v) is 14.4. The van der Waals surface area contributed by atoms with Crippen LogP contribution < -0.4 is 10.6 Å². The first kappa shape index (κ1) is 17.3. The molecule has 0 unspecified atom stereocenters. The predicted octanol–water partition coefficient (Wildman–Crippen LogP) is 2.36. The largest absolute Gasteiger partial charge is 0.359 e. The van der Waals surface area contributed by atoms with E-state index in [0.717, 1.165) is 16.6 Å². The monoisotopic (exact) mass is 349 g/mol. The molecule has 0 aliphatic rings. The minimum Gasteiger partial charge on any atom is -0.359 e. The topological polar surface area (TPSA) is 88.9 Å². The van der Waals surface area contributed by atoms with Gasteiger partial charge < -0.3 is 15.2 Å². The number of nitrogens with one attached hydrogen (secondary N) is 2. The molecule has 26 heavy (non-hydrogen) atoms. The summed E-state index contributed by atoms with van der Waals surface area (Å²) in [5, 5.41) is 6.24. The van der Waals surface area contributed by atoms with Crippen molar-refractivity contribution >= 4 is 28.5 Å². The molecule has 0 spiro atoms. The molecule has 2 amide bonds. The third kappa shape index (κ3) is 3.77. The number of aryl methyl sites for hydroxylation is 1. The van der Waals surface area contributed by atoms with Gasteiger partial charge in [0, 0.05) is 49.0 Å². The fraction of sp³-hybridized carbons (Fsp3) is 0.158. The summed E-state index contributed by atoms with van der Waals surface area (Å²) in [4.78, 5) is 32.0. The SMILES string of the molecule is C=CC(=O)Nc1cccc(-c2ncc3ccn(CCC(=O)NC)c3n2)c1. The van der Waals surface area contributed by atoms with Gasteiger partial charge in [-0.1, -0.05) is 18.7 Å². The van der Waals surface area contributed by atoms with Gasteiger partial charge in [-0.15, -0.1) is 0 Å². The first-order chi connectivity index (χ1) is 12.6. The van der Waals surface area contributed by atoms with E-state index in [0.29, 0.717) is 24.5 Å². The van der Waals surface area contributed by atoms with Crippen molar-refractivity contribution in [3.05, 3.63) is 55.4 Å².